The zero-order chi connectivity index (χ0) is 15.1. The molecule has 1 saturated heterocycles. The van der Waals surface area contributed by atoms with E-state index in [9.17, 15) is 4.79 Å². The van der Waals surface area contributed by atoms with Gasteiger partial charge in [-0.3, -0.25) is 9.69 Å². The maximum Gasteiger partial charge on any atom is 0.224 e. The van der Waals surface area contributed by atoms with Crippen LogP contribution < -0.4 is 11.1 Å². The van der Waals surface area contributed by atoms with E-state index < -0.39 is 0 Å². The van der Waals surface area contributed by atoms with Gasteiger partial charge in [0.05, 0.1) is 19.6 Å². The van der Waals surface area contributed by atoms with E-state index in [0.717, 1.165) is 44.1 Å². The number of carbonyl (C=O) groups is 1. The number of carbonyl (C=O) groups excluding carboxylic acids is 1. The summed E-state index contributed by atoms with van der Waals surface area (Å²) in [6, 6.07) is 7.44. The molecule has 0 radical (unpaired) electrons. The van der Waals surface area contributed by atoms with Crippen molar-refractivity contribution in [1.29, 1.82) is 0 Å². The van der Waals surface area contributed by atoms with Gasteiger partial charge in [-0.25, -0.2) is 0 Å². The van der Waals surface area contributed by atoms with Gasteiger partial charge in [0.2, 0.25) is 5.91 Å². The fraction of sp³-hybridized carbons (Fsp3) is 0.562. The Bertz CT molecular complexity index is 441. The third kappa shape index (κ3) is 5.73. The van der Waals surface area contributed by atoms with E-state index >= 15 is 0 Å². The molecule has 1 heterocycles. The fourth-order valence-corrected chi connectivity index (χ4v) is 2.46. The highest BCUT2D eigenvalue weighted by molar-refractivity contribution is 5.78. The lowest BCUT2D eigenvalue weighted by Gasteiger charge is -2.29. The van der Waals surface area contributed by atoms with E-state index in [1.807, 2.05) is 24.3 Å². The van der Waals surface area contributed by atoms with Gasteiger partial charge in [-0.2, -0.15) is 0 Å². The number of hydrogen-bond acceptors (Lipinski definition) is 4. The molecule has 21 heavy (non-hydrogen) atoms. The average Bonchev–Trinajstić information content (AvgIpc) is 2.49. The minimum absolute atomic E-state index is 0.0635. The molecule has 0 saturated carbocycles. The molecule has 1 amide bonds. The number of anilines is 1. The fourth-order valence-electron chi connectivity index (χ4n) is 2.46. The van der Waals surface area contributed by atoms with Crippen molar-refractivity contribution in [3.8, 4) is 0 Å². The molecular weight excluding hydrogens is 266 g/mol. The van der Waals surface area contributed by atoms with Gasteiger partial charge in [0.15, 0.2) is 0 Å². The maximum atomic E-state index is 11.9. The van der Waals surface area contributed by atoms with Crippen molar-refractivity contribution >= 4 is 11.6 Å². The second-order valence-corrected chi connectivity index (χ2v) is 5.74. The number of nitrogen functional groups attached to an aromatic ring is 1. The summed E-state index contributed by atoms with van der Waals surface area (Å²) in [5.74, 6) is 0.507. The number of nitrogens with one attached hydrogen (secondary N) is 1. The van der Waals surface area contributed by atoms with Crippen LogP contribution in [0.15, 0.2) is 24.3 Å². The zero-order valence-corrected chi connectivity index (χ0v) is 12.7. The molecule has 0 aliphatic carbocycles. The van der Waals surface area contributed by atoms with Crippen molar-refractivity contribution in [3.05, 3.63) is 29.8 Å². The lowest BCUT2D eigenvalue weighted by atomic mass is 10.1. The van der Waals surface area contributed by atoms with Gasteiger partial charge >= 0.3 is 0 Å². The van der Waals surface area contributed by atoms with E-state index in [4.69, 9.17) is 10.5 Å². The van der Waals surface area contributed by atoms with E-state index in [1.165, 1.54) is 0 Å². The smallest absolute Gasteiger partial charge is 0.224 e. The Morgan fingerprint density at radius 3 is 2.67 bits per heavy atom. The summed E-state index contributed by atoms with van der Waals surface area (Å²) < 4.78 is 5.33. The van der Waals surface area contributed by atoms with Gasteiger partial charge in [-0.15, -0.1) is 0 Å². The molecule has 5 nitrogen and oxygen atoms in total. The first-order valence-electron chi connectivity index (χ1n) is 7.54. The number of rotatable bonds is 6. The van der Waals surface area contributed by atoms with Crippen LogP contribution in [0.1, 0.15) is 12.5 Å². The third-order valence-corrected chi connectivity index (χ3v) is 3.67. The van der Waals surface area contributed by atoms with Crippen LogP contribution in [0.3, 0.4) is 0 Å². The monoisotopic (exact) mass is 291 g/mol. The molecule has 3 N–H and O–H groups in total. The molecule has 5 heteroatoms. The number of ether oxygens (including phenoxy) is 1. The van der Waals surface area contributed by atoms with E-state index in [0.29, 0.717) is 18.9 Å². The highest BCUT2D eigenvalue weighted by atomic mass is 16.5. The molecular formula is C16H25N3O2. The molecule has 1 aliphatic heterocycles. The molecule has 0 spiro atoms. The molecule has 1 atom stereocenters. The van der Waals surface area contributed by atoms with Crippen LogP contribution >= 0.6 is 0 Å². The highest BCUT2D eigenvalue weighted by Crippen LogP contribution is 2.06. The van der Waals surface area contributed by atoms with Crippen molar-refractivity contribution in [2.75, 3.05) is 45.1 Å². The number of morpholine rings is 1. The van der Waals surface area contributed by atoms with Crippen LogP contribution in [0.4, 0.5) is 5.69 Å². The maximum absolute atomic E-state index is 11.9. The Morgan fingerprint density at radius 2 is 2.00 bits per heavy atom. The van der Waals surface area contributed by atoms with Crippen molar-refractivity contribution < 1.29 is 9.53 Å². The van der Waals surface area contributed by atoms with Gasteiger partial charge in [0.25, 0.3) is 0 Å². The Morgan fingerprint density at radius 1 is 1.33 bits per heavy atom. The molecule has 116 valence electrons. The number of amides is 1. The summed E-state index contributed by atoms with van der Waals surface area (Å²) in [7, 11) is 0. The molecule has 0 aromatic heterocycles. The first-order valence-corrected chi connectivity index (χ1v) is 7.54. The average molecular weight is 291 g/mol. The van der Waals surface area contributed by atoms with Crippen molar-refractivity contribution in [3.63, 3.8) is 0 Å². The Labute approximate surface area is 126 Å². The second-order valence-electron chi connectivity index (χ2n) is 5.74. The van der Waals surface area contributed by atoms with E-state index in [1.54, 1.807) is 0 Å². The molecule has 1 aromatic rings. The van der Waals surface area contributed by atoms with Crippen LogP contribution in [0.2, 0.25) is 0 Å². The summed E-state index contributed by atoms with van der Waals surface area (Å²) in [4.78, 5) is 14.3. The first-order chi connectivity index (χ1) is 10.1. The summed E-state index contributed by atoms with van der Waals surface area (Å²) in [6.45, 7) is 7.50. The van der Waals surface area contributed by atoms with E-state index in [-0.39, 0.29) is 5.91 Å². The van der Waals surface area contributed by atoms with Gasteiger partial charge in [0.1, 0.15) is 0 Å². The number of nitrogens with two attached hydrogens (primary N) is 1. The topological polar surface area (TPSA) is 67.6 Å². The number of benzene rings is 1. The lowest BCUT2D eigenvalue weighted by Crippen LogP contribution is -2.41. The first kappa shape index (κ1) is 15.8. The second kappa shape index (κ2) is 8.00. The third-order valence-electron chi connectivity index (χ3n) is 3.67. The number of nitrogens with zero attached hydrogens (tertiary/aromatic N) is 1. The summed E-state index contributed by atoms with van der Waals surface area (Å²) in [5.41, 5.74) is 7.34. The van der Waals surface area contributed by atoms with Gasteiger partial charge in [0, 0.05) is 31.9 Å². The normalized spacial score (nSPS) is 17.4. The molecule has 1 unspecified atom stereocenters. The van der Waals surface area contributed by atoms with Crippen LogP contribution in [0, 0.1) is 5.92 Å². The van der Waals surface area contributed by atoms with Crippen molar-refractivity contribution in [1.82, 2.24) is 10.2 Å². The summed E-state index contributed by atoms with van der Waals surface area (Å²) >= 11 is 0. The molecule has 1 aromatic carbocycles. The molecule has 1 aliphatic rings. The lowest BCUT2D eigenvalue weighted by molar-refractivity contribution is -0.120. The summed E-state index contributed by atoms with van der Waals surface area (Å²) in [5, 5.41) is 3.01. The van der Waals surface area contributed by atoms with Gasteiger partial charge in [-0.1, -0.05) is 19.1 Å². The predicted molar refractivity (Wildman–Crippen MR) is 84.0 cm³/mol. The minimum Gasteiger partial charge on any atom is -0.399 e. The predicted octanol–water partition coefficient (Wildman–Crippen LogP) is 0.896. The number of hydrogen-bond donors (Lipinski definition) is 2. The van der Waals surface area contributed by atoms with E-state index in [2.05, 4.69) is 17.1 Å². The summed E-state index contributed by atoms with van der Waals surface area (Å²) in [6.07, 6.45) is 0.407. The van der Waals surface area contributed by atoms with Gasteiger partial charge < -0.3 is 15.8 Å². The van der Waals surface area contributed by atoms with Crippen LogP contribution in [-0.2, 0) is 16.0 Å². The Balaban J connectivity index is 1.66. The SMILES string of the molecule is CC(CNC(=O)Cc1ccc(N)cc1)CN1CCOCC1. The molecule has 0 bridgehead atoms. The zero-order valence-electron chi connectivity index (χ0n) is 12.7. The Kier molecular flexibility index (Phi) is 6.02. The highest BCUT2D eigenvalue weighted by Gasteiger charge is 2.14. The standard InChI is InChI=1S/C16H25N3O2/c1-13(12-19-6-8-21-9-7-19)11-18-16(20)10-14-2-4-15(17)5-3-14/h2-5,13H,6-12,17H2,1H3,(H,18,20). The van der Waals surface area contributed by atoms with Gasteiger partial charge in [-0.05, 0) is 23.6 Å². The van der Waals surface area contributed by atoms with Crippen LogP contribution in [0.25, 0.3) is 0 Å². The minimum atomic E-state index is 0.0635. The largest absolute Gasteiger partial charge is 0.399 e. The van der Waals surface area contributed by atoms with Crippen molar-refractivity contribution in [2.24, 2.45) is 5.92 Å². The Hall–Kier alpha value is -1.59. The quantitative estimate of drug-likeness (QED) is 0.764. The molecule has 2 rings (SSSR count). The van der Waals surface area contributed by atoms with Crippen LogP contribution in [-0.4, -0.2) is 50.2 Å². The molecule has 1 fully saturated rings. The van der Waals surface area contributed by atoms with Crippen molar-refractivity contribution in [2.45, 2.75) is 13.3 Å². The van der Waals surface area contributed by atoms with Crippen LogP contribution in [0.5, 0.6) is 0 Å².